The summed E-state index contributed by atoms with van der Waals surface area (Å²) in [6.45, 7) is 2.37. The molecule has 84 valence electrons. The number of benzene rings is 1. The summed E-state index contributed by atoms with van der Waals surface area (Å²) in [5.41, 5.74) is 1.34. The summed E-state index contributed by atoms with van der Waals surface area (Å²) in [4.78, 5) is 2.40. The van der Waals surface area contributed by atoms with Crippen LogP contribution in [0.2, 0.25) is 0 Å². The van der Waals surface area contributed by atoms with E-state index >= 15 is 0 Å². The molecule has 1 fully saturated rings. The Labute approximate surface area is 104 Å². The number of halogens is 1. The zero-order valence-electron chi connectivity index (χ0n) is 9.36. The Morgan fingerprint density at radius 1 is 1.31 bits per heavy atom. The fourth-order valence-corrected chi connectivity index (χ4v) is 2.93. The van der Waals surface area contributed by atoms with E-state index in [-0.39, 0.29) is 0 Å². The van der Waals surface area contributed by atoms with Crippen molar-refractivity contribution in [3.8, 4) is 0 Å². The first-order valence-electron chi connectivity index (χ1n) is 5.69. The number of hydrogen-bond acceptors (Lipinski definition) is 1. The molecule has 2 nitrogen and oxygen atoms in total. The minimum absolute atomic E-state index is 0.636. The van der Waals surface area contributed by atoms with Crippen molar-refractivity contribution in [1.82, 2.24) is 9.47 Å². The van der Waals surface area contributed by atoms with Crippen LogP contribution in [0.5, 0.6) is 0 Å². The highest BCUT2D eigenvalue weighted by Gasteiger charge is 2.21. The molecule has 16 heavy (non-hydrogen) atoms. The van der Waals surface area contributed by atoms with Crippen molar-refractivity contribution in [3.63, 3.8) is 0 Å². The maximum absolute atomic E-state index is 3.55. The van der Waals surface area contributed by atoms with Crippen molar-refractivity contribution in [2.75, 3.05) is 20.1 Å². The van der Waals surface area contributed by atoms with Crippen LogP contribution in [0.25, 0.3) is 10.9 Å². The summed E-state index contributed by atoms with van der Waals surface area (Å²) in [6, 6.07) is 9.34. The van der Waals surface area contributed by atoms with Gasteiger partial charge in [-0.25, -0.2) is 0 Å². The normalized spacial score (nSPS) is 22.0. The van der Waals surface area contributed by atoms with Gasteiger partial charge in [-0.05, 0) is 43.6 Å². The molecule has 0 amide bonds. The number of nitrogens with zero attached hydrogens (tertiary/aromatic N) is 2. The van der Waals surface area contributed by atoms with Gasteiger partial charge in [-0.15, -0.1) is 0 Å². The molecule has 0 bridgehead atoms. The largest absolute Gasteiger partial charge is 0.343 e. The van der Waals surface area contributed by atoms with Crippen molar-refractivity contribution in [1.29, 1.82) is 0 Å². The molecule has 3 rings (SSSR count). The Bertz CT molecular complexity index is 518. The van der Waals surface area contributed by atoms with Crippen molar-refractivity contribution >= 4 is 26.8 Å². The molecule has 0 N–H and O–H groups in total. The molecule has 1 atom stereocenters. The predicted octanol–water partition coefficient (Wildman–Crippen LogP) is 3.28. The lowest BCUT2D eigenvalue weighted by atomic mass is 10.2. The van der Waals surface area contributed by atoms with Crippen LogP contribution >= 0.6 is 15.9 Å². The molecular formula is C13H15BrN2. The van der Waals surface area contributed by atoms with E-state index in [0.717, 1.165) is 11.0 Å². The molecule has 2 aromatic rings. The molecule has 0 saturated carbocycles. The standard InChI is InChI=1S/C13H15BrN2/c1-15-6-5-12(9-15)16-7-4-10-2-3-11(14)8-13(10)16/h2-4,7-8,12H,5-6,9H2,1H3. The van der Waals surface area contributed by atoms with Gasteiger partial charge in [0.15, 0.2) is 0 Å². The fourth-order valence-electron chi connectivity index (χ4n) is 2.58. The fraction of sp³-hybridized carbons (Fsp3) is 0.385. The quantitative estimate of drug-likeness (QED) is 0.777. The van der Waals surface area contributed by atoms with Crippen LogP contribution in [0.3, 0.4) is 0 Å². The third-order valence-electron chi connectivity index (χ3n) is 3.45. The van der Waals surface area contributed by atoms with E-state index in [1.807, 2.05) is 0 Å². The highest BCUT2D eigenvalue weighted by Crippen LogP contribution is 2.28. The Balaban J connectivity index is 2.06. The van der Waals surface area contributed by atoms with Gasteiger partial charge in [0.1, 0.15) is 0 Å². The van der Waals surface area contributed by atoms with E-state index in [4.69, 9.17) is 0 Å². The minimum atomic E-state index is 0.636. The van der Waals surface area contributed by atoms with Gasteiger partial charge in [0.2, 0.25) is 0 Å². The maximum Gasteiger partial charge on any atom is 0.0494 e. The van der Waals surface area contributed by atoms with Gasteiger partial charge >= 0.3 is 0 Å². The van der Waals surface area contributed by atoms with Gasteiger partial charge in [0.25, 0.3) is 0 Å². The van der Waals surface area contributed by atoms with Crippen molar-refractivity contribution in [2.45, 2.75) is 12.5 Å². The third-order valence-corrected chi connectivity index (χ3v) is 3.94. The number of likely N-dealkylation sites (N-methyl/N-ethyl adjacent to an activating group) is 1. The van der Waals surface area contributed by atoms with Gasteiger partial charge in [-0.3, -0.25) is 0 Å². The smallest absolute Gasteiger partial charge is 0.0494 e. The zero-order chi connectivity index (χ0) is 11.1. The van der Waals surface area contributed by atoms with E-state index in [1.54, 1.807) is 0 Å². The first-order valence-corrected chi connectivity index (χ1v) is 6.48. The molecule has 0 aliphatic carbocycles. The van der Waals surface area contributed by atoms with Crippen LogP contribution < -0.4 is 0 Å². The van der Waals surface area contributed by atoms with Crippen LogP contribution in [-0.4, -0.2) is 29.6 Å². The molecular weight excluding hydrogens is 264 g/mol. The average molecular weight is 279 g/mol. The van der Waals surface area contributed by atoms with Crippen LogP contribution in [0.15, 0.2) is 34.9 Å². The molecule has 1 aliphatic rings. The zero-order valence-corrected chi connectivity index (χ0v) is 10.9. The van der Waals surface area contributed by atoms with Gasteiger partial charge in [-0.2, -0.15) is 0 Å². The summed E-state index contributed by atoms with van der Waals surface area (Å²) in [6.07, 6.45) is 3.48. The summed E-state index contributed by atoms with van der Waals surface area (Å²) in [5, 5.41) is 1.33. The van der Waals surface area contributed by atoms with E-state index in [1.165, 1.54) is 23.9 Å². The molecule has 3 heteroatoms. The minimum Gasteiger partial charge on any atom is -0.343 e. The third kappa shape index (κ3) is 1.68. The van der Waals surface area contributed by atoms with E-state index in [2.05, 4.69) is 62.9 Å². The van der Waals surface area contributed by atoms with E-state index in [0.29, 0.717) is 6.04 Å². The van der Waals surface area contributed by atoms with Crippen LogP contribution in [0.1, 0.15) is 12.5 Å². The molecule has 1 aromatic carbocycles. The van der Waals surface area contributed by atoms with Crippen LogP contribution in [0, 0.1) is 0 Å². The summed E-state index contributed by atoms with van der Waals surface area (Å²) in [5.74, 6) is 0. The Kier molecular flexibility index (Phi) is 2.52. The second kappa shape index (κ2) is 3.90. The number of hydrogen-bond donors (Lipinski definition) is 0. The van der Waals surface area contributed by atoms with Crippen molar-refractivity contribution in [2.24, 2.45) is 0 Å². The Morgan fingerprint density at radius 3 is 2.94 bits per heavy atom. The molecule has 0 radical (unpaired) electrons. The Hall–Kier alpha value is -0.800. The van der Waals surface area contributed by atoms with Gasteiger partial charge < -0.3 is 9.47 Å². The average Bonchev–Trinajstić information content (AvgIpc) is 2.83. The van der Waals surface area contributed by atoms with Crippen LogP contribution in [0.4, 0.5) is 0 Å². The monoisotopic (exact) mass is 278 g/mol. The van der Waals surface area contributed by atoms with Gasteiger partial charge in [0.05, 0.1) is 0 Å². The molecule has 2 heterocycles. The SMILES string of the molecule is CN1CCC(n2ccc3ccc(Br)cc32)C1. The summed E-state index contributed by atoms with van der Waals surface area (Å²) in [7, 11) is 2.20. The van der Waals surface area contributed by atoms with E-state index < -0.39 is 0 Å². The lowest BCUT2D eigenvalue weighted by molar-refractivity contribution is 0.395. The Morgan fingerprint density at radius 2 is 2.19 bits per heavy atom. The molecule has 1 saturated heterocycles. The number of likely N-dealkylation sites (tertiary alicyclic amines) is 1. The molecule has 1 unspecified atom stereocenters. The summed E-state index contributed by atoms with van der Waals surface area (Å²) >= 11 is 3.55. The highest BCUT2D eigenvalue weighted by molar-refractivity contribution is 9.10. The van der Waals surface area contributed by atoms with Gasteiger partial charge in [-0.1, -0.05) is 22.0 Å². The lowest BCUT2D eigenvalue weighted by Gasteiger charge is -2.14. The first-order chi connectivity index (χ1) is 7.74. The highest BCUT2D eigenvalue weighted by atomic mass is 79.9. The topological polar surface area (TPSA) is 8.17 Å². The second-order valence-corrected chi connectivity index (χ2v) is 5.55. The number of aromatic nitrogens is 1. The van der Waals surface area contributed by atoms with Crippen molar-refractivity contribution in [3.05, 3.63) is 34.9 Å². The van der Waals surface area contributed by atoms with Crippen molar-refractivity contribution < 1.29 is 0 Å². The van der Waals surface area contributed by atoms with Gasteiger partial charge in [0, 0.05) is 28.8 Å². The van der Waals surface area contributed by atoms with Crippen LogP contribution in [-0.2, 0) is 0 Å². The number of fused-ring (bicyclic) bond motifs is 1. The lowest BCUT2D eigenvalue weighted by Crippen LogP contribution is -2.15. The maximum atomic E-state index is 3.55. The first kappa shape index (κ1) is 10.4. The van der Waals surface area contributed by atoms with E-state index in [9.17, 15) is 0 Å². The predicted molar refractivity (Wildman–Crippen MR) is 70.8 cm³/mol. The molecule has 1 aliphatic heterocycles. The number of rotatable bonds is 1. The molecule has 1 aromatic heterocycles. The second-order valence-electron chi connectivity index (χ2n) is 4.63. The molecule has 0 spiro atoms. The summed E-state index contributed by atoms with van der Waals surface area (Å²) < 4.78 is 3.58.